The summed E-state index contributed by atoms with van der Waals surface area (Å²) in [6.07, 6.45) is 0. The molecule has 1 N–H and O–H groups in total. The number of carbonyl (C=O) groups is 3. The summed E-state index contributed by atoms with van der Waals surface area (Å²) < 4.78 is 0. The monoisotopic (exact) mass is 336 g/mol. The number of imide groups is 1. The summed E-state index contributed by atoms with van der Waals surface area (Å²) in [6.45, 7) is 1.75. The predicted octanol–water partition coefficient (Wildman–Crippen LogP) is 1.13. The highest BCUT2D eigenvalue weighted by Crippen LogP contribution is 2.22. The van der Waals surface area contributed by atoms with Gasteiger partial charge in [0.15, 0.2) is 0 Å². The van der Waals surface area contributed by atoms with Crippen molar-refractivity contribution in [2.75, 3.05) is 12.0 Å². The molecule has 1 aliphatic heterocycles. The second kappa shape index (κ2) is 6.56. The number of carboxylic acids is 1. The van der Waals surface area contributed by atoms with Gasteiger partial charge in [-0.1, -0.05) is 24.3 Å². The highest BCUT2D eigenvalue weighted by Gasteiger charge is 2.35. The lowest BCUT2D eigenvalue weighted by Gasteiger charge is -2.13. The molecule has 0 saturated carbocycles. The van der Waals surface area contributed by atoms with Crippen molar-refractivity contribution >= 4 is 29.2 Å². The average molecular weight is 336 g/mol. The number of nitrogens with one attached hydrogen (secondary N) is 1. The van der Waals surface area contributed by atoms with Crippen LogP contribution in [0.25, 0.3) is 0 Å². The number of fused-ring (bicyclic) bond motifs is 1. The fourth-order valence-corrected chi connectivity index (χ4v) is 2.49. The van der Waals surface area contributed by atoms with E-state index in [1.807, 2.05) is 0 Å². The number of hydrogen-bond donors (Lipinski definition) is 1. The molecule has 0 unspecified atom stereocenters. The quantitative estimate of drug-likeness (QED) is 0.501. The lowest BCUT2D eigenvalue weighted by Crippen LogP contribution is -2.34. The number of amides is 2. The van der Waals surface area contributed by atoms with E-state index in [1.54, 1.807) is 43.3 Å². The van der Waals surface area contributed by atoms with Crippen LogP contribution < -0.4 is 10.5 Å². The fraction of sp³-hybridized carbons (Fsp3) is 0.111. The molecule has 0 aromatic heterocycles. The van der Waals surface area contributed by atoms with Crippen molar-refractivity contribution in [2.24, 2.45) is 5.10 Å². The maximum absolute atomic E-state index is 12.3. The molecule has 0 fully saturated rings. The summed E-state index contributed by atoms with van der Waals surface area (Å²) in [5, 5.41) is 14.8. The first-order valence-electron chi connectivity index (χ1n) is 7.53. The fourth-order valence-electron chi connectivity index (χ4n) is 2.49. The zero-order valence-electron chi connectivity index (χ0n) is 13.4. The molecule has 7 nitrogen and oxygen atoms in total. The Bertz CT molecular complexity index is 852. The smallest absolute Gasteiger partial charge is 0.261 e. The van der Waals surface area contributed by atoms with Crippen molar-refractivity contribution in [3.8, 4) is 0 Å². The van der Waals surface area contributed by atoms with E-state index in [2.05, 4.69) is 10.5 Å². The van der Waals surface area contributed by atoms with Gasteiger partial charge in [-0.2, -0.15) is 5.10 Å². The van der Waals surface area contributed by atoms with Gasteiger partial charge in [0, 0.05) is 0 Å². The molecule has 2 aromatic carbocycles. The molecule has 1 heterocycles. The Hall–Kier alpha value is -3.48. The zero-order valence-corrected chi connectivity index (χ0v) is 13.4. The Kier molecular flexibility index (Phi) is 4.30. The molecular formula is C18H14N3O4-. The van der Waals surface area contributed by atoms with E-state index in [0.29, 0.717) is 22.5 Å². The number of anilines is 1. The third-order valence-corrected chi connectivity index (χ3v) is 3.76. The molecule has 3 rings (SSSR count). The van der Waals surface area contributed by atoms with Crippen LogP contribution in [0.4, 0.5) is 5.69 Å². The summed E-state index contributed by atoms with van der Waals surface area (Å²) in [7, 11) is 0. The zero-order chi connectivity index (χ0) is 18.0. The molecule has 0 aliphatic carbocycles. The lowest BCUT2D eigenvalue weighted by atomic mass is 10.1. The van der Waals surface area contributed by atoms with Crippen molar-refractivity contribution in [3.05, 3.63) is 65.2 Å². The topological polar surface area (TPSA) is 102 Å². The summed E-state index contributed by atoms with van der Waals surface area (Å²) >= 11 is 0. The second-order valence-electron chi connectivity index (χ2n) is 5.57. The maximum Gasteiger partial charge on any atom is 0.261 e. The standard InChI is InChI=1S/C18H15N3O4/c1-11(19-20-13-8-6-12(7-9-13)18(24)25)10-21-16(22)14-4-2-3-5-15(14)17(21)23/h2-9,20H,10H2,1H3,(H,24,25)/p-1/b19-11-. The molecular weight excluding hydrogens is 322 g/mol. The molecule has 0 atom stereocenters. The number of rotatable bonds is 5. The number of benzene rings is 2. The average Bonchev–Trinajstić information content (AvgIpc) is 2.86. The van der Waals surface area contributed by atoms with Crippen LogP contribution in [0.3, 0.4) is 0 Å². The summed E-state index contributed by atoms with van der Waals surface area (Å²) in [4.78, 5) is 36.4. The first kappa shape index (κ1) is 16.4. The molecule has 2 aromatic rings. The molecule has 0 spiro atoms. The van der Waals surface area contributed by atoms with Gasteiger partial charge < -0.3 is 9.90 Å². The molecule has 1 aliphatic rings. The Balaban J connectivity index is 1.67. The van der Waals surface area contributed by atoms with Crippen LogP contribution >= 0.6 is 0 Å². The minimum absolute atomic E-state index is 0.0659. The molecule has 0 bridgehead atoms. The van der Waals surface area contributed by atoms with Crippen molar-refractivity contribution in [1.29, 1.82) is 0 Å². The Morgan fingerprint density at radius 3 is 2.12 bits per heavy atom. The van der Waals surface area contributed by atoms with Crippen molar-refractivity contribution < 1.29 is 19.5 Å². The van der Waals surface area contributed by atoms with E-state index < -0.39 is 5.97 Å². The molecule has 7 heteroatoms. The minimum atomic E-state index is -1.25. The number of hydrazone groups is 1. The Morgan fingerprint density at radius 2 is 1.60 bits per heavy atom. The largest absolute Gasteiger partial charge is 0.545 e. The normalized spacial score (nSPS) is 13.8. The number of carbonyl (C=O) groups excluding carboxylic acids is 3. The van der Waals surface area contributed by atoms with Crippen molar-refractivity contribution in [1.82, 2.24) is 4.90 Å². The van der Waals surface area contributed by atoms with Crippen LogP contribution in [0.1, 0.15) is 38.0 Å². The van der Waals surface area contributed by atoms with Crippen LogP contribution in [0.2, 0.25) is 0 Å². The maximum atomic E-state index is 12.3. The molecule has 126 valence electrons. The first-order chi connectivity index (χ1) is 12.0. The van der Waals surface area contributed by atoms with Gasteiger partial charge in [0.05, 0.1) is 35.0 Å². The number of carboxylic acid groups (broad SMARTS) is 1. The third kappa shape index (κ3) is 3.25. The minimum Gasteiger partial charge on any atom is -0.545 e. The van der Waals surface area contributed by atoms with Crippen LogP contribution in [-0.2, 0) is 0 Å². The highest BCUT2D eigenvalue weighted by molar-refractivity contribution is 6.22. The highest BCUT2D eigenvalue weighted by atomic mass is 16.4. The third-order valence-electron chi connectivity index (χ3n) is 3.76. The van der Waals surface area contributed by atoms with Gasteiger partial charge in [-0.15, -0.1) is 0 Å². The number of hydrogen-bond acceptors (Lipinski definition) is 6. The molecule has 25 heavy (non-hydrogen) atoms. The van der Waals surface area contributed by atoms with Gasteiger partial charge in [-0.25, -0.2) is 0 Å². The first-order valence-corrected chi connectivity index (χ1v) is 7.53. The van der Waals surface area contributed by atoms with Crippen LogP contribution in [0.5, 0.6) is 0 Å². The van der Waals surface area contributed by atoms with Gasteiger partial charge in [-0.05, 0) is 36.8 Å². The van der Waals surface area contributed by atoms with Gasteiger partial charge in [0.1, 0.15) is 0 Å². The van der Waals surface area contributed by atoms with E-state index in [4.69, 9.17) is 0 Å². The van der Waals surface area contributed by atoms with Gasteiger partial charge in [0.25, 0.3) is 11.8 Å². The van der Waals surface area contributed by atoms with E-state index in [-0.39, 0.29) is 23.9 Å². The van der Waals surface area contributed by atoms with E-state index in [0.717, 1.165) is 4.90 Å². The molecule has 2 amide bonds. The summed E-state index contributed by atoms with van der Waals surface area (Å²) in [5.74, 6) is -1.93. The van der Waals surface area contributed by atoms with E-state index >= 15 is 0 Å². The summed E-state index contributed by atoms with van der Waals surface area (Å²) in [5.41, 5.74) is 4.72. The van der Waals surface area contributed by atoms with Crippen molar-refractivity contribution in [2.45, 2.75) is 6.92 Å². The Labute approximate surface area is 143 Å². The lowest BCUT2D eigenvalue weighted by molar-refractivity contribution is -0.255. The van der Waals surface area contributed by atoms with Crippen molar-refractivity contribution in [3.63, 3.8) is 0 Å². The summed E-state index contributed by atoms with van der Waals surface area (Å²) in [6, 6.07) is 12.6. The predicted molar refractivity (Wildman–Crippen MR) is 89.3 cm³/mol. The van der Waals surface area contributed by atoms with E-state index in [9.17, 15) is 19.5 Å². The SMILES string of the molecule is C/C(CN1C(=O)c2ccccc2C1=O)=N/Nc1ccc(C(=O)[O-])cc1. The Morgan fingerprint density at radius 1 is 1.04 bits per heavy atom. The number of nitrogens with zero attached hydrogens (tertiary/aromatic N) is 2. The number of aromatic carboxylic acids is 1. The van der Waals surface area contributed by atoms with E-state index in [1.165, 1.54) is 12.1 Å². The van der Waals surface area contributed by atoms with Gasteiger partial charge in [0.2, 0.25) is 0 Å². The molecule has 0 saturated heterocycles. The van der Waals surface area contributed by atoms with Crippen LogP contribution in [0.15, 0.2) is 53.6 Å². The van der Waals surface area contributed by atoms with Gasteiger partial charge in [-0.3, -0.25) is 19.9 Å². The van der Waals surface area contributed by atoms with Gasteiger partial charge >= 0.3 is 0 Å². The van der Waals surface area contributed by atoms with Crippen LogP contribution in [-0.4, -0.2) is 34.9 Å². The molecule has 0 radical (unpaired) electrons. The van der Waals surface area contributed by atoms with Crippen LogP contribution in [0, 0.1) is 0 Å². The second-order valence-corrected chi connectivity index (χ2v) is 5.57.